The molecule has 1 aliphatic rings. The van der Waals surface area contributed by atoms with E-state index < -0.39 is 29.8 Å². The second kappa shape index (κ2) is 9.27. The first-order valence-electron chi connectivity index (χ1n) is 9.04. The molecule has 0 aromatic heterocycles. The van der Waals surface area contributed by atoms with E-state index in [4.69, 9.17) is 9.47 Å². The third kappa shape index (κ3) is 5.85. The van der Waals surface area contributed by atoms with Crippen LogP contribution in [-0.2, 0) is 25.5 Å². The number of benzene rings is 1. The summed E-state index contributed by atoms with van der Waals surface area (Å²) in [6, 6.07) is 5.28. The van der Waals surface area contributed by atoms with Crippen molar-refractivity contribution in [1.29, 1.82) is 0 Å². The van der Waals surface area contributed by atoms with Crippen LogP contribution in [0.25, 0.3) is 0 Å². The van der Waals surface area contributed by atoms with Crippen molar-refractivity contribution >= 4 is 11.9 Å². The summed E-state index contributed by atoms with van der Waals surface area (Å²) >= 11 is 0. The van der Waals surface area contributed by atoms with Gasteiger partial charge in [-0.05, 0) is 30.5 Å². The van der Waals surface area contributed by atoms with Crippen LogP contribution < -0.4 is 10.1 Å². The van der Waals surface area contributed by atoms with Crippen molar-refractivity contribution in [3.8, 4) is 5.75 Å². The first-order valence-corrected chi connectivity index (χ1v) is 9.04. The Bertz CT molecular complexity index is 677. The molecule has 0 spiro atoms. The SMILES string of the molecule is CCCCOC(=O)[C@]1(Cc2ccc(OC(F)(F)F)cc2)C[C@@H](C(=O)OC)CN1. The maximum Gasteiger partial charge on any atom is 0.573 e. The number of halogens is 3. The van der Waals surface area contributed by atoms with Crippen molar-refractivity contribution in [1.82, 2.24) is 5.32 Å². The average molecular weight is 403 g/mol. The standard InChI is InChI=1S/C19H24F3NO5/c1-3-4-9-27-17(25)18(11-14(12-23-18)16(24)26-2)10-13-5-7-15(8-6-13)28-19(20,21)22/h5-8,14,23H,3-4,9-12H2,1-2H3/t14-,18+/m1/s1. The van der Waals surface area contributed by atoms with Crippen LogP contribution in [0.4, 0.5) is 13.2 Å². The molecule has 0 bridgehead atoms. The number of nitrogens with one attached hydrogen (secondary N) is 1. The van der Waals surface area contributed by atoms with Gasteiger partial charge in [-0.3, -0.25) is 9.59 Å². The van der Waals surface area contributed by atoms with Gasteiger partial charge in [-0.1, -0.05) is 25.5 Å². The van der Waals surface area contributed by atoms with Crippen LogP contribution in [-0.4, -0.2) is 44.1 Å². The van der Waals surface area contributed by atoms with Gasteiger partial charge in [0.15, 0.2) is 0 Å². The van der Waals surface area contributed by atoms with Gasteiger partial charge in [-0.25, -0.2) is 0 Å². The van der Waals surface area contributed by atoms with Gasteiger partial charge in [0.05, 0.1) is 19.6 Å². The molecule has 9 heteroatoms. The van der Waals surface area contributed by atoms with Crippen LogP contribution in [0.2, 0.25) is 0 Å². The van der Waals surface area contributed by atoms with Crippen LogP contribution in [0, 0.1) is 5.92 Å². The fraction of sp³-hybridized carbons (Fsp3) is 0.579. The van der Waals surface area contributed by atoms with Crippen molar-refractivity contribution in [2.24, 2.45) is 5.92 Å². The van der Waals surface area contributed by atoms with E-state index in [9.17, 15) is 22.8 Å². The zero-order valence-electron chi connectivity index (χ0n) is 15.8. The number of carbonyl (C=O) groups is 2. The zero-order valence-corrected chi connectivity index (χ0v) is 15.8. The lowest BCUT2D eigenvalue weighted by molar-refractivity contribution is -0.274. The largest absolute Gasteiger partial charge is 0.573 e. The molecule has 1 fully saturated rings. The quantitative estimate of drug-likeness (QED) is 0.531. The first-order chi connectivity index (χ1) is 13.2. The van der Waals surface area contributed by atoms with Gasteiger partial charge in [-0.2, -0.15) is 0 Å². The number of alkyl halides is 3. The predicted molar refractivity (Wildman–Crippen MR) is 93.6 cm³/mol. The second-order valence-corrected chi connectivity index (χ2v) is 6.75. The average Bonchev–Trinajstić information content (AvgIpc) is 3.07. The minimum atomic E-state index is -4.77. The Labute approximate surface area is 161 Å². The monoisotopic (exact) mass is 403 g/mol. The van der Waals surface area contributed by atoms with Gasteiger partial charge in [0, 0.05) is 13.0 Å². The molecule has 2 rings (SSSR count). The molecule has 156 valence electrons. The summed E-state index contributed by atoms with van der Waals surface area (Å²) in [5.74, 6) is -1.76. The lowest BCUT2D eigenvalue weighted by atomic mass is 9.86. The zero-order chi connectivity index (χ0) is 20.8. The number of carbonyl (C=O) groups excluding carboxylic acids is 2. The molecular weight excluding hydrogens is 379 g/mol. The summed E-state index contributed by atoms with van der Waals surface area (Å²) in [6.45, 7) is 2.49. The number of ether oxygens (including phenoxy) is 3. The molecule has 1 aromatic rings. The second-order valence-electron chi connectivity index (χ2n) is 6.75. The number of esters is 2. The van der Waals surface area contributed by atoms with Crippen LogP contribution >= 0.6 is 0 Å². The van der Waals surface area contributed by atoms with Crippen LogP contribution in [0.5, 0.6) is 5.75 Å². The van der Waals surface area contributed by atoms with Crippen molar-refractivity contribution in [3.63, 3.8) is 0 Å². The summed E-state index contributed by atoms with van der Waals surface area (Å²) in [6.07, 6.45) is -2.85. The van der Waals surface area contributed by atoms with Gasteiger partial charge in [0.25, 0.3) is 0 Å². The molecule has 0 aliphatic carbocycles. The van der Waals surface area contributed by atoms with Crippen molar-refractivity contribution in [2.45, 2.75) is 44.5 Å². The normalized spacial score (nSPS) is 22.0. The Hall–Kier alpha value is -2.29. The van der Waals surface area contributed by atoms with E-state index in [1.807, 2.05) is 6.92 Å². The van der Waals surface area contributed by atoms with Crippen LogP contribution in [0.15, 0.2) is 24.3 Å². The Morgan fingerprint density at radius 2 is 1.93 bits per heavy atom. The Balaban J connectivity index is 2.16. The number of unbranched alkanes of at least 4 members (excludes halogenated alkanes) is 1. The maximum atomic E-state index is 12.7. The van der Waals surface area contributed by atoms with Crippen LogP contribution in [0.1, 0.15) is 31.7 Å². The molecule has 1 aliphatic heterocycles. The fourth-order valence-corrected chi connectivity index (χ4v) is 3.18. The van der Waals surface area contributed by atoms with E-state index >= 15 is 0 Å². The molecule has 2 atom stereocenters. The summed E-state index contributed by atoms with van der Waals surface area (Å²) < 4.78 is 50.9. The van der Waals surface area contributed by atoms with Gasteiger partial charge >= 0.3 is 18.3 Å². The van der Waals surface area contributed by atoms with Crippen molar-refractivity contribution < 1.29 is 37.0 Å². The number of hydrogen-bond donors (Lipinski definition) is 1. The Morgan fingerprint density at radius 1 is 1.25 bits per heavy atom. The van der Waals surface area contributed by atoms with Gasteiger partial charge in [0.1, 0.15) is 11.3 Å². The predicted octanol–water partition coefficient (Wildman–Crippen LogP) is 2.99. The lowest BCUT2D eigenvalue weighted by Crippen LogP contribution is -2.50. The molecule has 1 heterocycles. The highest BCUT2D eigenvalue weighted by molar-refractivity contribution is 5.84. The minimum absolute atomic E-state index is 0.164. The molecule has 0 radical (unpaired) electrons. The molecule has 0 saturated carbocycles. The summed E-state index contributed by atoms with van der Waals surface area (Å²) in [4.78, 5) is 24.6. The third-order valence-electron chi connectivity index (χ3n) is 4.60. The van der Waals surface area contributed by atoms with Gasteiger partial charge < -0.3 is 19.5 Å². The number of rotatable bonds is 8. The Morgan fingerprint density at radius 3 is 2.50 bits per heavy atom. The topological polar surface area (TPSA) is 73.9 Å². The third-order valence-corrected chi connectivity index (χ3v) is 4.60. The molecule has 0 amide bonds. The summed E-state index contributed by atoms with van der Waals surface area (Å²) in [7, 11) is 1.28. The first kappa shape index (κ1) is 22.0. The smallest absolute Gasteiger partial charge is 0.469 e. The molecule has 6 nitrogen and oxygen atoms in total. The molecule has 1 N–H and O–H groups in total. The maximum absolute atomic E-state index is 12.7. The highest BCUT2D eigenvalue weighted by Gasteiger charge is 2.48. The van der Waals surface area contributed by atoms with E-state index in [0.29, 0.717) is 12.0 Å². The molecule has 1 saturated heterocycles. The van der Waals surface area contributed by atoms with Crippen molar-refractivity contribution in [2.75, 3.05) is 20.3 Å². The lowest BCUT2D eigenvalue weighted by Gasteiger charge is -2.27. The fourth-order valence-electron chi connectivity index (χ4n) is 3.18. The van der Waals surface area contributed by atoms with Gasteiger partial charge in [-0.15, -0.1) is 13.2 Å². The van der Waals surface area contributed by atoms with E-state index in [1.54, 1.807) is 0 Å². The number of methoxy groups -OCH3 is 1. The van der Waals surface area contributed by atoms with E-state index in [1.165, 1.54) is 31.4 Å². The molecule has 1 aromatic carbocycles. The summed E-state index contributed by atoms with van der Waals surface area (Å²) in [5, 5.41) is 3.08. The number of hydrogen-bond acceptors (Lipinski definition) is 6. The van der Waals surface area contributed by atoms with Crippen LogP contribution in [0.3, 0.4) is 0 Å². The highest BCUT2D eigenvalue weighted by atomic mass is 19.4. The van der Waals surface area contributed by atoms with E-state index in [0.717, 1.165) is 6.42 Å². The molecule has 28 heavy (non-hydrogen) atoms. The van der Waals surface area contributed by atoms with Gasteiger partial charge in [0.2, 0.25) is 0 Å². The highest BCUT2D eigenvalue weighted by Crippen LogP contribution is 2.31. The van der Waals surface area contributed by atoms with Crippen molar-refractivity contribution in [3.05, 3.63) is 29.8 Å². The van der Waals surface area contributed by atoms with E-state index in [2.05, 4.69) is 10.1 Å². The molecular formula is C19H24F3NO5. The minimum Gasteiger partial charge on any atom is -0.469 e. The molecule has 0 unspecified atom stereocenters. The summed E-state index contributed by atoms with van der Waals surface area (Å²) in [5.41, 5.74) is -0.529. The van der Waals surface area contributed by atoms with E-state index in [-0.39, 0.29) is 31.7 Å². The Kier molecular flexibility index (Phi) is 7.29.